The number of likely N-dealkylation sites (N-methyl/N-ethyl adjacent to an activating group) is 2. The predicted octanol–water partition coefficient (Wildman–Crippen LogP) is 5.96. The van der Waals surface area contributed by atoms with Crippen molar-refractivity contribution < 1.29 is 18.5 Å². The summed E-state index contributed by atoms with van der Waals surface area (Å²) in [6.07, 6.45) is 17.0. The maximum Gasteiger partial charge on any atom is 0.330 e. The summed E-state index contributed by atoms with van der Waals surface area (Å²) in [6.45, 7) is 12.1. The zero-order chi connectivity index (χ0) is 22.9. The van der Waals surface area contributed by atoms with E-state index in [-0.39, 0.29) is 12.1 Å². The van der Waals surface area contributed by atoms with Gasteiger partial charge in [-0.05, 0) is 25.7 Å². The molecule has 0 rings (SSSR count). The average Bonchev–Trinajstić information content (AvgIpc) is 2.66. The van der Waals surface area contributed by atoms with E-state index in [4.69, 9.17) is 4.74 Å². The van der Waals surface area contributed by atoms with Gasteiger partial charge in [-0.15, -0.1) is 0 Å². The summed E-state index contributed by atoms with van der Waals surface area (Å²) < 4.78 is 7.61. The molecular weight excluding hydrogens is 372 g/mol. The van der Waals surface area contributed by atoms with Crippen LogP contribution in [0.4, 0.5) is 0 Å². The Balaban J connectivity index is 4.57. The van der Waals surface area contributed by atoms with E-state index in [0.717, 1.165) is 35.1 Å². The highest BCUT2D eigenvalue weighted by molar-refractivity contribution is 5.81. The lowest BCUT2D eigenvalue weighted by Crippen LogP contribution is -2.54. The van der Waals surface area contributed by atoms with Gasteiger partial charge in [-0.1, -0.05) is 71.8 Å². The Morgan fingerprint density at radius 3 is 1.47 bits per heavy atom. The van der Waals surface area contributed by atoms with E-state index in [1.54, 1.807) is 0 Å². The molecule has 0 N–H and O–H groups in total. The van der Waals surface area contributed by atoms with Crippen LogP contribution in [0.2, 0.25) is 0 Å². The molecule has 0 aliphatic carbocycles. The normalized spacial score (nSPS) is 12.4. The zero-order valence-electron chi connectivity index (χ0n) is 21.4. The number of quaternary nitrogens is 2. The van der Waals surface area contributed by atoms with Crippen LogP contribution >= 0.6 is 0 Å². The minimum absolute atomic E-state index is 0.0688. The quantitative estimate of drug-likeness (QED) is 0.104. The Hall–Kier alpha value is -0.870. The number of hydrogen-bond donors (Lipinski definition) is 0. The molecule has 0 spiro atoms. The standard InChI is InChI=1S/C26H54N2O2/c1-8-11-13-15-17-19-21-27(4,5)23-25(30-26(29)10-3)24-28(6,7)22-20-18-16-14-12-9-2/h10,25H,3,8-9,11-24H2,1-2,4-7H3/q+2. The highest BCUT2D eigenvalue weighted by atomic mass is 16.5. The van der Waals surface area contributed by atoms with Crippen LogP contribution in [-0.4, -0.2) is 75.4 Å². The first kappa shape index (κ1) is 29.1. The molecule has 4 heteroatoms. The van der Waals surface area contributed by atoms with Crippen molar-refractivity contribution in [3.8, 4) is 0 Å². The molecule has 0 aliphatic rings. The van der Waals surface area contributed by atoms with Gasteiger partial charge in [0, 0.05) is 6.08 Å². The molecule has 0 radical (unpaired) electrons. The Morgan fingerprint density at radius 1 is 0.733 bits per heavy atom. The maximum absolute atomic E-state index is 12.0. The summed E-state index contributed by atoms with van der Waals surface area (Å²) in [4.78, 5) is 12.0. The summed E-state index contributed by atoms with van der Waals surface area (Å²) in [7, 11) is 9.09. The van der Waals surface area contributed by atoms with Gasteiger partial charge < -0.3 is 13.7 Å². The number of rotatable bonds is 20. The maximum atomic E-state index is 12.0. The minimum Gasteiger partial charge on any atom is -0.447 e. The van der Waals surface area contributed by atoms with Crippen LogP contribution in [0.25, 0.3) is 0 Å². The summed E-state index contributed by atoms with van der Waals surface area (Å²) in [6, 6.07) is 0. The van der Waals surface area contributed by atoms with Crippen molar-refractivity contribution in [3.63, 3.8) is 0 Å². The number of nitrogens with zero attached hydrogens (tertiary/aromatic N) is 2. The highest BCUT2D eigenvalue weighted by Crippen LogP contribution is 2.14. The first-order chi connectivity index (χ1) is 14.2. The van der Waals surface area contributed by atoms with Gasteiger partial charge >= 0.3 is 5.97 Å². The van der Waals surface area contributed by atoms with E-state index < -0.39 is 0 Å². The molecule has 0 atom stereocenters. The molecule has 0 aromatic heterocycles. The number of hydrogen-bond acceptors (Lipinski definition) is 2. The third kappa shape index (κ3) is 16.9. The fraction of sp³-hybridized carbons (Fsp3) is 0.885. The summed E-state index contributed by atoms with van der Waals surface area (Å²) in [5.74, 6) is -0.292. The van der Waals surface area contributed by atoms with Crippen molar-refractivity contribution in [3.05, 3.63) is 12.7 Å². The summed E-state index contributed by atoms with van der Waals surface area (Å²) >= 11 is 0. The van der Waals surface area contributed by atoms with Gasteiger partial charge in [0.05, 0.1) is 41.3 Å². The second-order valence-electron chi connectivity index (χ2n) is 10.5. The Bertz CT molecular complexity index is 416. The largest absolute Gasteiger partial charge is 0.447 e. The molecular formula is C26H54N2O2+2. The molecule has 0 heterocycles. The SMILES string of the molecule is C=CC(=O)OC(C[N+](C)(C)CCCCCCCC)C[N+](C)(C)CCCCCCCC. The first-order valence-electron chi connectivity index (χ1n) is 12.6. The van der Waals surface area contributed by atoms with Crippen LogP contribution in [0, 0.1) is 0 Å². The molecule has 4 nitrogen and oxygen atoms in total. The van der Waals surface area contributed by atoms with Gasteiger partial charge in [0.15, 0.2) is 6.10 Å². The lowest BCUT2D eigenvalue weighted by atomic mass is 10.1. The van der Waals surface area contributed by atoms with Crippen molar-refractivity contribution in [2.75, 3.05) is 54.4 Å². The molecule has 30 heavy (non-hydrogen) atoms. The van der Waals surface area contributed by atoms with Crippen LogP contribution in [-0.2, 0) is 9.53 Å². The van der Waals surface area contributed by atoms with E-state index in [2.05, 4.69) is 48.6 Å². The number of carbonyl (C=O) groups excluding carboxylic acids is 1. The second kappa shape index (κ2) is 16.8. The predicted molar refractivity (Wildman–Crippen MR) is 131 cm³/mol. The second-order valence-corrected chi connectivity index (χ2v) is 10.5. The van der Waals surface area contributed by atoms with E-state index in [1.165, 1.54) is 83.1 Å². The molecule has 0 aromatic rings. The first-order valence-corrected chi connectivity index (χ1v) is 12.6. The van der Waals surface area contributed by atoms with Gasteiger partial charge in [-0.2, -0.15) is 0 Å². The Labute approximate surface area is 188 Å². The fourth-order valence-electron chi connectivity index (χ4n) is 4.27. The van der Waals surface area contributed by atoms with E-state index in [0.29, 0.717) is 0 Å². The van der Waals surface area contributed by atoms with Gasteiger partial charge in [-0.3, -0.25) is 0 Å². The summed E-state index contributed by atoms with van der Waals surface area (Å²) in [5.41, 5.74) is 0. The van der Waals surface area contributed by atoms with Crippen LogP contribution in [0.15, 0.2) is 12.7 Å². The van der Waals surface area contributed by atoms with Crippen molar-refractivity contribution in [1.82, 2.24) is 0 Å². The van der Waals surface area contributed by atoms with Crippen molar-refractivity contribution in [2.24, 2.45) is 0 Å². The summed E-state index contributed by atoms with van der Waals surface area (Å²) in [5, 5.41) is 0. The van der Waals surface area contributed by atoms with Gasteiger partial charge in [0.2, 0.25) is 0 Å². The van der Waals surface area contributed by atoms with Gasteiger partial charge in [0.25, 0.3) is 0 Å². The smallest absolute Gasteiger partial charge is 0.330 e. The lowest BCUT2D eigenvalue weighted by Gasteiger charge is -2.37. The molecule has 0 aliphatic heterocycles. The fourth-order valence-corrected chi connectivity index (χ4v) is 4.27. The van der Waals surface area contributed by atoms with Gasteiger partial charge in [0.1, 0.15) is 13.1 Å². The molecule has 0 unspecified atom stereocenters. The molecule has 0 fully saturated rings. The van der Waals surface area contributed by atoms with Crippen LogP contribution in [0.3, 0.4) is 0 Å². The van der Waals surface area contributed by atoms with Crippen LogP contribution in [0.5, 0.6) is 0 Å². The Kier molecular flexibility index (Phi) is 16.3. The average molecular weight is 427 g/mol. The van der Waals surface area contributed by atoms with Crippen molar-refractivity contribution >= 4 is 5.97 Å². The number of ether oxygens (including phenoxy) is 1. The minimum atomic E-state index is -0.292. The van der Waals surface area contributed by atoms with E-state index >= 15 is 0 Å². The van der Waals surface area contributed by atoms with Crippen molar-refractivity contribution in [2.45, 2.75) is 97.0 Å². The third-order valence-corrected chi connectivity index (χ3v) is 6.08. The number of unbranched alkanes of at least 4 members (excludes halogenated alkanes) is 10. The highest BCUT2D eigenvalue weighted by Gasteiger charge is 2.30. The van der Waals surface area contributed by atoms with E-state index in [9.17, 15) is 4.79 Å². The number of carbonyl (C=O) groups is 1. The molecule has 0 amide bonds. The topological polar surface area (TPSA) is 26.3 Å². The van der Waals surface area contributed by atoms with E-state index in [1.807, 2.05) is 0 Å². The van der Waals surface area contributed by atoms with Crippen LogP contribution in [0.1, 0.15) is 90.9 Å². The Morgan fingerprint density at radius 2 is 1.10 bits per heavy atom. The number of esters is 1. The zero-order valence-corrected chi connectivity index (χ0v) is 21.4. The molecule has 0 aromatic carbocycles. The molecule has 0 saturated heterocycles. The van der Waals surface area contributed by atoms with Gasteiger partial charge in [-0.25, -0.2) is 4.79 Å². The van der Waals surface area contributed by atoms with Crippen LogP contribution < -0.4 is 0 Å². The lowest BCUT2D eigenvalue weighted by molar-refractivity contribution is -0.914. The monoisotopic (exact) mass is 426 g/mol. The molecule has 0 saturated carbocycles. The van der Waals surface area contributed by atoms with Crippen molar-refractivity contribution in [1.29, 1.82) is 0 Å². The third-order valence-electron chi connectivity index (χ3n) is 6.08. The molecule has 178 valence electrons. The molecule has 0 bridgehead atoms.